The maximum atomic E-state index is 11.4. The third-order valence-electron chi connectivity index (χ3n) is 2.38. The van der Waals surface area contributed by atoms with Gasteiger partial charge in [0.15, 0.2) is 0 Å². The highest BCUT2D eigenvalue weighted by Gasteiger charge is 2.11. The number of hydrogen-bond donors (Lipinski definition) is 2. The predicted molar refractivity (Wildman–Crippen MR) is 61.8 cm³/mol. The van der Waals surface area contributed by atoms with Crippen LogP contribution in [-0.2, 0) is 9.53 Å². The van der Waals surface area contributed by atoms with Crippen molar-refractivity contribution in [1.29, 1.82) is 0 Å². The molecule has 0 saturated carbocycles. The lowest BCUT2D eigenvalue weighted by molar-refractivity contribution is -0.128. The second-order valence-electron chi connectivity index (χ2n) is 4.28. The second-order valence-corrected chi connectivity index (χ2v) is 4.28. The monoisotopic (exact) mass is 216 g/mol. The molecule has 15 heavy (non-hydrogen) atoms. The summed E-state index contributed by atoms with van der Waals surface area (Å²) in [7, 11) is 1.86. The van der Waals surface area contributed by atoms with E-state index >= 15 is 0 Å². The standard InChI is InChI=1S/C11H24N2O2/c1-8(2)10(4)13-11(14)7-15-9(3)6-12-5/h8-10,12H,6-7H2,1-5H3,(H,13,14). The first-order chi connectivity index (χ1) is 6.97. The Morgan fingerprint density at radius 2 is 1.87 bits per heavy atom. The number of likely N-dealkylation sites (N-methyl/N-ethyl adjacent to an activating group) is 1. The summed E-state index contributed by atoms with van der Waals surface area (Å²) in [4.78, 5) is 11.4. The van der Waals surface area contributed by atoms with Crippen molar-refractivity contribution in [2.45, 2.75) is 39.8 Å². The molecule has 0 bridgehead atoms. The van der Waals surface area contributed by atoms with Crippen LogP contribution in [0.4, 0.5) is 0 Å². The number of rotatable bonds is 7. The van der Waals surface area contributed by atoms with Gasteiger partial charge in [0, 0.05) is 12.6 Å². The minimum Gasteiger partial charge on any atom is -0.367 e. The van der Waals surface area contributed by atoms with Gasteiger partial charge in [-0.1, -0.05) is 13.8 Å². The van der Waals surface area contributed by atoms with Crippen molar-refractivity contribution < 1.29 is 9.53 Å². The molecule has 0 heterocycles. The van der Waals surface area contributed by atoms with E-state index in [2.05, 4.69) is 24.5 Å². The molecule has 0 aromatic rings. The topological polar surface area (TPSA) is 50.4 Å². The Bertz CT molecular complexity index is 183. The van der Waals surface area contributed by atoms with E-state index in [1.807, 2.05) is 20.9 Å². The quantitative estimate of drug-likeness (QED) is 0.661. The van der Waals surface area contributed by atoms with Gasteiger partial charge in [0.05, 0.1) is 6.10 Å². The summed E-state index contributed by atoms with van der Waals surface area (Å²) in [5.41, 5.74) is 0. The van der Waals surface area contributed by atoms with E-state index in [-0.39, 0.29) is 24.7 Å². The van der Waals surface area contributed by atoms with Gasteiger partial charge >= 0.3 is 0 Å². The third kappa shape index (κ3) is 7.33. The van der Waals surface area contributed by atoms with Crippen molar-refractivity contribution in [2.75, 3.05) is 20.2 Å². The molecule has 0 fully saturated rings. The van der Waals surface area contributed by atoms with Gasteiger partial charge in [-0.25, -0.2) is 0 Å². The Morgan fingerprint density at radius 3 is 2.33 bits per heavy atom. The molecule has 90 valence electrons. The van der Waals surface area contributed by atoms with E-state index in [1.165, 1.54) is 0 Å². The molecule has 0 aromatic heterocycles. The van der Waals surface area contributed by atoms with Gasteiger partial charge in [-0.05, 0) is 26.8 Å². The summed E-state index contributed by atoms with van der Waals surface area (Å²) in [5, 5.41) is 5.89. The predicted octanol–water partition coefficient (Wildman–Crippen LogP) is 0.772. The first-order valence-electron chi connectivity index (χ1n) is 5.53. The molecule has 4 nitrogen and oxygen atoms in total. The molecule has 2 atom stereocenters. The summed E-state index contributed by atoms with van der Waals surface area (Å²) in [5.74, 6) is 0.405. The van der Waals surface area contributed by atoms with Crippen molar-refractivity contribution in [3.8, 4) is 0 Å². The maximum Gasteiger partial charge on any atom is 0.246 e. The molecule has 0 spiro atoms. The molecule has 1 amide bonds. The second kappa shape index (κ2) is 7.65. The first kappa shape index (κ1) is 14.4. The molecule has 0 aliphatic heterocycles. The molecule has 0 aliphatic carbocycles. The lowest BCUT2D eigenvalue weighted by Crippen LogP contribution is -2.39. The van der Waals surface area contributed by atoms with Crippen molar-refractivity contribution in [3.63, 3.8) is 0 Å². The fourth-order valence-corrected chi connectivity index (χ4v) is 1.03. The van der Waals surface area contributed by atoms with Crippen LogP contribution >= 0.6 is 0 Å². The first-order valence-corrected chi connectivity index (χ1v) is 5.53. The Balaban J connectivity index is 3.66. The van der Waals surface area contributed by atoms with E-state index in [9.17, 15) is 4.79 Å². The van der Waals surface area contributed by atoms with Gasteiger partial charge in [-0.3, -0.25) is 4.79 Å². The molecule has 0 radical (unpaired) electrons. The normalized spacial score (nSPS) is 15.1. The van der Waals surface area contributed by atoms with Gasteiger partial charge in [0.2, 0.25) is 5.91 Å². The van der Waals surface area contributed by atoms with Crippen molar-refractivity contribution >= 4 is 5.91 Å². The lowest BCUT2D eigenvalue weighted by atomic mass is 10.1. The van der Waals surface area contributed by atoms with Crippen LogP contribution in [0.1, 0.15) is 27.7 Å². The fraction of sp³-hybridized carbons (Fsp3) is 0.909. The summed E-state index contributed by atoms with van der Waals surface area (Å²) in [6, 6.07) is 0.195. The fourth-order valence-electron chi connectivity index (χ4n) is 1.03. The van der Waals surface area contributed by atoms with Crippen LogP contribution in [-0.4, -0.2) is 38.3 Å². The summed E-state index contributed by atoms with van der Waals surface area (Å²) in [6.07, 6.45) is 0.0649. The van der Waals surface area contributed by atoms with Crippen molar-refractivity contribution in [1.82, 2.24) is 10.6 Å². The molecule has 0 rings (SSSR count). The molecule has 4 heteroatoms. The summed E-state index contributed by atoms with van der Waals surface area (Å²) >= 11 is 0. The van der Waals surface area contributed by atoms with E-state index in [0.29, 0.717) is 5.92 Å². The molecule has 0 saturated heterocycles. The maximum absolute atomic E-state index is 11.4. The van der Waals surface area contributed by atoms with Gasteiger partial charge in [0.1, 0.15) is 6.61 Å². The average molecular weight is 216 g/mol. The zero-order chi connectivity index (χ0) is 11.8. The van der Waals surface area contributed by atoms with E-state index in [1.54, 1.807) is 0 Å². The Morgan fingerprint density at radius 1 is 1.27 bits per heavy atom. The largest absolute Gasteiger partial charge is 0.367 e. The number of nitrogens with one attached hydrogen (secondary N) is 2. The van der Waals surface area contributed by atoms with Crippen LogP contribution in [0.5, 0.6) is 0 Å². The SMILES string of the molecule is CNCC(C)OCC(=O)NC(C)C(C)C. The molecular formula is C11H24N2O2. The van der Waals surface area contributed by atoms with Gasteiger partial charge in [-0.2, -0.15) is 0 Å². The minimum absolute atomic E-state index is 0.0425. The van der Waals surface area contributed by atoms with Gasteiger partial charge in [-0.15, -0.1) is 0 Å². The van der Waals surface area contributed by atoms with Gasteiger partial charge < -0.3 is 15.4 Å². The van der Waals surface area contributed by atoms with Crippen LogP contribution in [0.25, 0.3) is 0 Å². The van der Waals surface area contributed by atoms with Crippen LogP contribution in [0, 0.1) is 5.92 Å². The molecule has 0 aromatic carbocycles. The van der Waals surface area contributed by atoms with Crippen LogP contribution in [0.15, 0.2) is 0 Å². The van der Waals surface area contributed by atoms with Crippen LogP contribution < -0.4 is 10.6 Å². The zero-order valence-corrected chi connectivity index (χ0v) is 10.5. The van der Waals surface area contributed by atoms with Crippen molar-refractivity contribution in [2.24, 2.45) is 5.92 Å². The highest BCUT2D eigenvalue weighted by Crippen LogP contribution is 1.99. The Kier molecular flexibility index (Phi) is 7.34. The molecule has 2 N–H and O–H groups in total. The number of ether oxygens (including phenoxy) is 1. The lowest BCUT2D eigenvalue weighted by Gasteiger charge is -2.18. The third-order valence-corrected chi connectivity index (χ3v) is 2.38. The number of hydrogen-bond acceptors (Lipinski definition) is 3. The van der Waals surface area contributed by atoms with Gasteiger partial charge in [0.25, 0.3) is 0 Å². The van der Waals surface area contributed by atoms with E-state index in [0.717, 1.165) is 6.54 Å². The van der Waals surface area contributed by atoms with E-state index in [4.69, 9.17) is 4.74 Å². The van der Waals surface area contributed by atoms with E-state index < -0.39 is 0 Å². The minimum atomic E-state index is -0.0425. The molecule has 2 unspecified atom stereocenters. The highest BCUT2D eigenvalue weighted by atomic mass is 16.5. The van der Waals surface area contributed by atoms with Crippen molar-refractivity contribution in [3.05, 3.63) is 0 Å². The zero-order valence-electron chi connectivity index (χ0n) is 10.5. The number of carbonyl (C=O) groups excluding carboxylic acids is 1. The number of carbonyl (C=O) groups is 1. The Labute approximate surface area is 92.8 Å². The van der Waals surface area contributed by atoms with Crippen LogP contribution in [0.3, 0.4) is 0 Å². The Hall–Kier alpha value is -0.610. The van der Waals surface area contributed by atoms with Crippen LogP contribution in [0.2, 0.25) is 0 Å². The highest BCUT2D eigenvalue weighted by molar-refractivity contribution is 5.77. The number of amides is 1. The smallest absolute Gasteiger partial charge is 0.246 e. The summed E-state index contributed by atoms with van der Waals surface area (Å²) in [6.45, 7) is 8.99. The molecule has 0 aliphatic rings. The summed E-state index contributed by atoms with van der Waals surface area (Å²) < 4.78 is 5.35. The average Bonchev–Trinajstić information content (AvgIpc) is 2.15. The molecular weight excluding hydrogens is 192 g/mol.